The molecule has 6 nitrogen and oxygen atoms in total. The van der Waals surface area contributed by atoms with Crippen molar-refractivity contribution >= 4 is 29.2 Å². The Bertz CT molecular complexity index is 932. The average Bonchev–Trinajstić information content (AvgIpc) is 2.99. The number of benzene rings is 1. The number of pyridine rings is 1. The number of carbonyl (C=O) groups is 1. The molecule has 3 rings (SSSR count). The number of nitrogens with one attached hydrogen (secondary N) is 1. The van der Waals surface area contributed by atoms with Crippen LogP contribution >= 0.6 is 23.2 Å². The zero-order chi connectivity index (χ0) is 19.6. The van der Waals surface area contributed by atoms with Crippen molar-refractivity contribution in [3.63, 3.8) is 0 Å². The average molecular weight is 406 g/mol. The summed E-state index contributed by atoms with van der Waals surface area (Å²) in [5, 5.41) is 9.63. The minimum Gasteiger partial charge on any atom is -0.492 e. The topological polar surface area (TPSA) is 88.1 Å². The summed E-state index contributed by atoms with van der Waals surface area (Å²) in [6.45, 7) is 3.33. The molecule has 0 spiro atoms. The third-order valence-electron chi connectivity index (χ3n) is 3.98. The minimum atomic E-state index is -0.951. The van der Waals surface area contributed by atoms with Gasteiger partial charge in [-0.05, 0) is 50.2 Å². The number of nitrogens with zero attached hydrogens (tertiary/aromatic N) is 2. The van der Waals surface area contributed by atoms with E-state index in [4.69, 9.17) is 33.0 Å². The molecule has 1 aromatic carbocycles. The second-order valence-corrected chi connectivity index (χ2v) is 7.36. The second-order valence-electron chi connectivity index (χ2n) is 6.62. The first-order valence-electron chi connectivity index (χ1n) is 8.10. The number of aromatic nitrogens is 3. The standard InChI is InChI=1S/C19H17Cl2N3O3/c1-19(2,18(25)26)10-27-13-6-3-11(4-7-13)14-8-5-12(9-22-14)17-23-15(20)16(21)24-17/h3-9H,10H2,1-2H3,(H,23,24)(H,25,26). The van der Waals surface area contributed by atoms with Crippen molar-refractivity contribution < 1.29 is 14.6 Å². The summed E-state index contributed by atoms with van der Waals surface area (Å²) in [5.41, 5.74) is 1.50. The summed E-state index contributed by atoms with van der Waals surface area (Å²) in [6.07, 6.45) is 1.68. The zero-order valence-corrected chi connectivity index (χ0v) is 16.2. The van der Waals surface area contributed by atoms with Gasteiger partial charge in [-0.2, -0.15) is 0 Å². The van der Waals surface area contributed by atoms with Crippen LogP contribution in [0.1, 0.15) is 13.8 Å². The first-order chi connectivity index (χ1) is 12.8. The summed E-state index contributed by atoms with van der Waals surface area (Å²) in [5.74, 6) is 0.251. The van der Waals surface area contributed by atoms with Crippen molar-refractivity contribution in [3.05, 3.63) is 52.9 Å². The van der Waals surface area contributed by atoms with Gasteiger partial charge in [-0.3, -0.25) is 9.78 Å². The molecule has 0 atom stereocenters. The molecule has 0 radical (unpaired) electrons. The van der Waals surface area contributed by atoms with Crippen LogP contribution in [-0.2, 0) is 4.79 Å². The summed E-state index contributed by atoms with van der Waals surface area (Å²) in [4.78, 5) is 22.6. The van der Waals surface area contributed by atoms with Crippen molar-refractivity contribution in [2.45, 2.75) is 13.8 Å². The second kappa shape index (κ2) is 7.58. The van der Waals surface area contributed by atoms with Gasteiger partial charge in [0.15, 0.2) is 5.15 Å². The Hall–Kier alpha value is -2.57. The van der Waals surface area contributed by atoms with Crippen LogP contribution in [0.15, 0.2) is 42.6 Å². The van der Waals surface area contributed by atoms with E-state index in [1.807, 2.05) is 24.3 Å². The number of carboxylic acid groups (broad SMARTS) is 1. The van der Waals surface area contributed by atoms with Gasteiger partial charge in [-0.1, -0.05) is 23.2 Å². The Kier molecular flexibility index (Phi) is 5.39. The van der Waals surface area contributed by atoms with Crippen LogP contribution in [-0.4, -0.2) is 32.6 Å². The molecule has 0 aliphatic rings. The number of carboxylic acids is 1. The van der Waals surface area contributed by atoms with E-state index in [0.717, 1.165) is 16.8 Å². The highest BCUT2D eigenvalue weighted by Gasteiger charge is 2.28. The van der Waals surface area contributed by atoms with Crippen molar-refractivity contribution in [3.8, 4) is 28.4 Å². The van der Waals surface area contributed by atoms with Crippen LogP contribution in [0.5, 0.6) is 5.75 Å². The summed E-state index contributed by atoms with van der Waals surface area (Å²) in [6, 6.07) is 11.0. The van der Waals surface area contributed by atoms with Crippen molar-refractivity contribution in [1.82, 2.24) is 15.0 Å². The van der Waals surface area contributed by atoms with Gasteiger partial charge < -0.3 is 14.8 Å². The van der Waals surface area contributed by atoms with E-state index in [9.17, 15) is 4.79 Å². The smallest absolute Gasteiger partial charge is 0.312 e. The predicted molar refractivity (Wildman–Crippen MR) is 104 cm³/mol. The van der Waals surface area contributed by atoms with Crippen LogP contribution in [0.25, 0.3) is 22.6 Å². The van der Waals surface area contributed by atoms with Crippen LogP contribution in [0.2, 0.25) is 10.3 Å². The molecule has 0 unspecified atom stereocenters. The zero-order valence-electron chi connectivity index (χ0n) is 14.7. The Morgan fingerprint density at radius 2 is 1.81 bits per heavy atom. The van der Waals surface area contributed by atoms with E-state index < -0.39 is 11.4 Å². The van der Waals surface area contributed by atoms with E-state index in [-0.39, 0.29) is 16.9 Å². The fourth-order valence-electron chi connectivity index (χ4n) is 2.22. The lowest BCUT2D eigenvalue weighted by Gasteiger charge is -2.19. The fraction of sp³-hybridized carbons (Fsp3) is 0.211. The Balaban J connectivity index is 1.71. The molecule has 0 saturated carbocycles. The van der Waals surface area contributed by atoms with Gasteiger partial charge in [0.1, 0.15) is 23.3 Å². The molecular weight excluding hydrogens is 389 g/mol. The fourth-order valence-corrected chi connectivity index (χ4v) is 2.48. The van der Waals surface area contributed by atoms with Crippen LogP contribution in [0, 0.1) is 5.41 Å². The normalized spacial score (nSPS) is 11.4. The highest BCUT2D eigenvalue weighted by molar-refractivity contribution is 6.40. The molecule has 0 aliphatic heterocycles. The summed E-state index contributed by atoms with van der Waals surface area (Å²) < 4.78 is 5.57. The highest BCUT2D eigenvalue weighted by Crippen LogP contribution is 2.27. The molecule has 0 saturated heterocycles. The van der Waals surface area contributed by atoms with Gasteiger partial charge >= 0.3 is 5.97 Å². The molecule has 0 amide bonds. The van der Waals surface area contributed by atoms with E-state index >= 15 is 0 Å². The van der Waals surface area contributed by atoms with Gasteiger partial charge in [0.2, 0.25) is 0 Å². The Morgan fingerprint density at radius 3 is 2.33 bits per heavy atom. The van der Waals surface area contributed by atoms with Gasteiger partial charge in [0.25, 0.3) is 0 Å². The largest absolute Gasteiger partial charge is 0.492 e. The molecule has 3 aromatic rings. The molecule has 0 bridgehead atoms. The quantitative estimate of drug-likeness (QED) is 0.606. The highest BCUT2D eigenvalue weighted by atomic mass is 35.5. The number of rotatable bonds is 6. The molecule has 140 valence electrons. The number of aromatic amines is 1. The Labute approximate surface area is 166 Å². The van der Waals surface area contributed by atoms with Crippen LogP contribution in [0.3, 0.4) is 0 Å². The first kappa shape index (κ1) is 19.2. The monoisotopic (exact) mass is 405 g/mol. The van der Waals surface area contributed by atoms with E-state index in [1.54, 1.807) is 32.2 Å². The van der Waals surface area contributed by atoms with Crippen molar-refractivity contribution in [2.24, 2.45) is 5.41 Å². The Morgan fingerprint density at radius 1 is 1.15 bits per heavy atom. The number of aliphatic carboxylic acids is 1. The molecule has 8 heteroatoms. The maximum Gasteiger partial charge on any atom is 0.312 e. The van der Waals surface area contributed by atoms with Crippen molar-refractivity contribution in [2.75, 3.05) is 6.61 Å². The molecule has 0 fully saturated rings. The summed E-state index contributed by atoms with van der Waals surface area (Å²) in [7, 11) is 0. The number of H-pyrrole nitrogens is 1. The van der Waals surface area contributed by atoms with Gasteiger partial charge in [-0.25, -0.2) is 4.98 Å². The lowest BCUT2D eigenvalue weighted by atomic mass is 9.95. The molecule has 2 N–H and O–H groups in total. The number of hydrogen-bond donors (Lipinski definition) is 2. The van der Waals surface area contributed by atoms with Gasteiger partial charge in [0, 0.05) is 17.3 Å². The summed E-state index contributed by atoms with van der Waals surface area (Å²) >= 11 is 11.7. The van der Waals surface area contributed by atoms with Crippen molar-refractivity contribution in [1.29, 1.82) is 0 Å². The number of halogens is 2. The number of hydrogen-bond acceptors (Lipinski definition) is 4. The maximum atomic E-state index is 11.1. The van der Waals surface area contributed by atoms with Crippen LogP contribution < -0.4 is 4.74 Å². The van der Waals surface area contributed by atoms with E-state index in [1.165, 1.54) is 0 Å². The maximum absolute atomic E-state index is 11.1. The molecule has 27 heavy (non-hydrogen) atoms. The lowest BCUT2D eigenvalue weighted by Crippen LogP contribution is -2.30. The van der Waals surface area contributed by atoms with Gasteiger partial charge in [-0.15, -0.1) is 0 Å². The number of imidazole rings is 1. The number of ether oxygens (including phenoxy) is 1. The SMILES string of the molecule is CC(C)(COc1ccc(-c2ccc(-c3nc(Cl)c(Cl)[nH]3)cn2)cc1)C(=O)O. The van der Waals surface area contributed by atoms with Gasteiger partial charge in [0.05, 0.1) is 11.1 Å². The third kappa shape index (κ3) is 4.40. The molecular formula is C19H17Cl2N3O3. The van der Waals surface area contributed by atoms with E-state index in [0.29, 0.717) is 11.6 Å². The van der Waals surface area contributed by atoms with E-state index in [2.05, 4.69) is 15.0 Å². The molecule has 2 heterocycles. The van der Waals surface area contributed by atoms with Crippen LogP contribution in [0.4, 0.5) is 0 Å². The lowest BCUT2D eigenvalue weighted by molar-refractivity contribution is -0.148. The first-order valence-corrected chi connectivity index (χ1v) is 8.86. The molecule has 0 aliphatic carbocycles. The minimum absolute atomic E-state index is 0.0862. The predicted octanol–water partition coefficient (Wildman–Crippen LogP) is 4.94. The molecule has 2 aromatic heterocycles. The third-order valence-corrected chi connectivity index (χ3v) is 4.63.